The van der Waals surface area contributed by atoms with Crippen molar-refractivity contribution < 1.29 is 9.53 Å². The minimum atomic E-state index is -0.982. The highest BCUT2D eigenvalue weighted by Crippen LogP contribution is 2.36. The van der Waals surface area contributed by atoms with Gasteiger partial charge in [-0.1, -0.05) is 50.0 Å². The summed E-state index contributed by atoms with van der Waals surface area (Å²) in [7, 11) is 0. The van der Waals surface area contributed by atoms with Crippen LogP contribution in [-0.2, 0) is 4.79 Å². The Morgan fingerprint density at radius 3 is 2.38 bits per heavy atom. The summed E-state index contributed by atoms with van der Waals surface area (Å²) in [4.78, 5) is 16.4. The van der Waals surface area contributed by atoms with Crippen LogP contribution >= 0.6 is 23.2 Å². The van der Waals surface area contributed by atoms with Crippen LogP contribution in [0.15, 0.2) is 30.9 Å². The summed E-state index contributed by atoms with van der Waals surface area (Å²) in [6.07, 6.45) is 1.77. The molecule has 112 valence electrons. The molecule has 0 aliphatic heterocycles. The molecule has 2 aromatic rings. The average Bonchev–Trinajstić information content (AvgIpc) is 2.90. The van der Waals surface area contributed by atoms with E-state index in [1.54, 1.807) is 39.0 Å². The molecule has 1 atom stereocenters. The zero-order chi connectivity index (χ0) is 15.6. The Bertz CT molecular complexity index is 616. The van der Waals surface area contributed by atoms with Gasteiger partial charge in [-0.25, -0.2) is 9.67 Å². The molecule has 0 aliphatic carbocycles. The monoisotopic (exact) mass is 327 g/mol. The normalized spacial score (nSPS) is 13.0. The highest BCUT2D eigenvalue weighted by atomic mass is 35.5. The molecular formula is C14H15Cl2N3O2. The van der Waals surface area contributed by atoms with Gasteiger partial charge in [0.1, 0.15) is 12.7 Å². The van der Waals surface area contributed by atoms with Gasteiger partial charge in [-0.05, 0) is 12.1 Å². The Balaban J connectivity index is 2.40. The zero-order valence-corrected chi connectivity index (χ0v) is 13.4. The molecule has 0 aliphatic rings. The third-order valence-corrected chi connectivity index (χ3v) is 3.38. The molecule has 2 rings (SSSR count). The minimum absolute atomic E-state index is 0.163. The second kappa shape index (κ2) is 6.03. The summed E-state index contributed by atoms with van der Waals surface area (Å²) in [5.74, 6) is 0.0860. The first-order valence-electron chi connectivity index (χ1n) is 6.30. The second-order valence-corrected chi connectivity index (χ2v) is 6.33. The van der Waals surface area contributed by atoms with Crippen molar-refractivity contribution in [3.8, 4) is 5.75 Å². The van der Waals surface area contributed by atoms with Gasteiger partial charge in [0, 0.05) is 5.41 Å². The number of nitrogens with zero attached hydrogens (tertiary/aromatic N) is 3. The van der Waals surface area contributed by atoms with Crippen molar-refractivity contribution in [3.63, 3.8) is 0 Å². The van der Waals surface area contributed by atoms with E-state index in [4.69, 9.17) is 27.9 Å². The molecule has 1 unspecified atom stereocenters. The van der Waals surface area contributed by atoms with Gasteiger partial charge in [0.2, 0.25) is 5.78 Å². The van der Waals surface area contributed by atoms with Gasteiger partial charge in [-0.3, -0.25) is 4.79 Å². The summed E-state index contributed by atoms with van der Waals surface area (Å²) in [5, 5.41) is 4.64. The van der Waals surface area contributed by atoms with E-state index in [1.165, 1.54) is 17.3 Å². The SMILES string of the molecule is CC(C)(C)C(=O)C(Oc1c(Cl)cccc1Cl)n1cncn1. The number of halogens is 2. The highest BCUT2D eigenvalue weighted by molar-refractivity contribution is 6.37. The lowest BCUT2D eigenvalue weighted by Crippen LogP contribution is -2.34. The van der Waals surface area contributed by atoms with Crippen molar-refractivity contribution in [2.45, 2.75) is 27.0 Å². The molecule has 0 amide bonds. The van der Waals surface area contributed by atoms with Gasteiger partial charge in [-0.15, -0.1) is 0 Å². The van der Waals surface area contributed by atoms with Crippen LogP contribution in [-0.4, -0.2) is 20.5 Å². The maximum atomic E-state index is 12.6. The third-order valence-electron chi connectivity index (χ3n) is 2.79. The van der Waals surface area contributed by atoms with E-state index in [2.05, 4.69) is 10.1 Å². The molecule has 0 N–H and O–H groups in total. The van der Waals surface area contributed by atoms with E-state index in [9.17, 15) is 4.79 Å². The van der Waals surface area contributed by atoms with Crippen LogP contribution in [0.5, 0.6) is 5.75 Å². The lowest BCUT2D eigenvalue weighted by atomic mass is 9.90. The van der Waals surface area contributed by atoms with Gasteiger partial charge in [0.05, 0.1) is 10.0 Å². The Kier molecular flexibility index (Phi) is 4.54. The van der Waals surface area contributed by atoms with E-state index in [1.807, 2.05) is 0 Å². The number of para-hydroxylation sites is 1. The number of ether oxygens (including phenoxy) is 1. The van der Waals surface area contributed by atoms with Crippen molar-refractivity contribution in [1.82, 2.24) is 14.8 Å². The van der Waals surface area contributed by atoms with Crippen LogP contribution in [0.4, 0.5) is 0 Å². The Morgan fingerprint density at radius 2 is 1.90 bits per heavy atom. The molecule has 0 saturated carbocycles. The summed E-state index contributed by atoms with van der Waals surface area (Å²) < 4.78 is 7.10. The number of rotatable bonds is 4. The summed E-state index contributed by atoms with van der Waals surface area (Å²) in [6.45, 7) is 5.41. The summed E-state index contributed by atoms with van der Waals surface area (Å²) in [6, 6.07) is 4.99. The van der Waals surface area contributed by atoms with E-state index >= 15 is 0 Å². The Labute approximate surface area is 132 Å². The molecule has 1 heterocycles. The highest BCUT2D eigenvalue weighted by Gasteiger charge is 2.34. The molecule has 5 nitrogen and oxygen atoms in total. The first-order valence-corrected chi connectivity index (χ1v) is 7.05. The predicted octanol–water partition coefficient (Wildman–Crippen LogP) is 3.78. The van der Waals surface area contributed by atoms with Gasteiger partial charge in [-0.2, -0.15) is 5.10 Å². The van der Waals surface area contributed by atoms with Crippen molar-refractivity contribution >= 4 is 29.0 Å². The smallest absolute Gasteiger partial charge is 0.252 e. The third kappa shape index (κ3) is 3.54. The van der Waals surface area contributed by atoms with Crippen LogP contribution < -0.4 is 4.74 Å². The van der Waals surface area contributed by atoms with Crippen LogP contribution in [0, 0.1) is 5.41 Å². The number of benzene rings is 1. The van der Waals surface area contributed by atoms with E-state index in [-0.39, 0.29) is 11.5 Å². The summed E-state index contributed by atoms with van der Waals surface area (Å²) >= 11 is 12.2. The fourth-order valence-corrected chi connectivity index (χ4v) is 2.13. The van der Waals surface area contributed by atoms with Crippen molar-refractivity contribution in [2.75, 3.05) is 0 Å². The number of hydrogen-bond donors (Lipinski definition) is 0. The fraction of sp³-hybridized carbons (Fsp3) is 0.357. The predicted molar refractivity (Wildman–Crippen MR) is 80.6 cm³/mol. The number of ketones is 1. The van der Waals surface area contributed by atoms with Gasteiger partial charge >= 0.3 is 0 Å². The van der Waals surface area contributed by atoms with Crippen molar-refractivity contribution in [2.24, 2.45) is 5.41 Å². The van der Waals surface area contributed by atoms with Crippen LogP contribution in [0.3, 0.4) is 0 Å². The van der Waals surface area contributed by atoms with Crippen molar-refractivity contribution in [1.29, 1.82) is 0 Å². The Morgan fingerprint density at radius 1 is 1.29 bits per heavy atom. The van der Waals surface area contributed by atoms with Gasteiger partial charge < -0.3 is 4.74 Å². The van der Waals surface area contributed by atoms with E-state index < -0.39 is 11.6 Å². The van der Waals surface area contributed by atoms with E-state index in [0.29, 0.717) is 10.0 Å². The minimum Gasteiger partial charge on any atom is -0.458 e. The molecule has 0 fully saturated rings. The Hall–Kier alpha value is -1.59. The first-order chi connectivity index (χ1) is 9.80. The molecule has 0 saturated heterocycles. The molecular weight excluding hydrogens is 313 g/mol. The van der Waals surface area contributed by atoms with Crippen LogP contribution in [0.1, 0.15) is 27.0 Å². The second-order valence-electron chi connectivity index (χ2n) is 5.51. The fourth-order valence-electron chi connectivity index (χ4n) is 1.64. The quantitative estimate of drug-likeness (QED) is 0.857. The number of aromatic nitrogens is 3. The first kappa shape index (κ1) is 15.8. The largest absolute Gasteiger partial charge is 0.458 e. The maximum absolute atomic E-state index is 12.6. The van der Waals surface area contributed by atoms with Gasteiger partial charge in [0.25, 0.3) is 6.23 Å². The average molecular weight is 328 g/mol. The van der Waals surface area contributed by atoms with Crippen molar-refractivity contribution in [3.05, 3.63) is 40.9 Å². The molecule has 7 heteroatoms. The molecule has 0 bridgehead atoms. The molecule has 0 spiro atoms. The number of carbonyl (C=O) groups excluding carboxylic acids is 1. The standard InChI is InChI=1S/C14H15Cl2N3O2/c1-14(2,3)12(20)13(19-8-17-7-18-19)21-11-9(15)5-4-6-10(11)16/h4-8,13H,1-3H3. The van der Waals surface area contributed by atoms with Crippen LogP contribution in [0.2, 0.25) is 10.0 Å². The number of carbonyl (C=O) groups is 1. The lowest BCUT2D eigenvalue weighted by Gasteiger charge is -2.25. The van der Waals surface area contributed by atoms with Crippen LogP contribution in [0.25, 0.3) is 0 Å². The van der Waals surface area contributed by atoms with E-state index in [0.717, 1.165) is 0 Å². The topological polar surface area (TPSA) is 57.0 Å². The molecule has 1 aromatic carbocycles. The zero-order valence-electron chi connectivity index (χ0n) is 11.9. The number of hydrogen-bond acceptors (Lipinski definition) is 4. The molecule has 0 radical (unpaired) electrons. The summed E-state index contributed by atoms with van der Waals surface area (Å²) in [5.41, 5.74) is -0.621. The van der Waals surface area contributed by atoms with Gasteiger partial charge in [0.15, 0.2) is 5.75 Å². The number of Topliss-reactive ketones (excluding diaryl/α,β-unsaturated/α-hetero) is 1. The molecule has 1 aromatic heterocycles. The lowest BCUT2D eigenvalue weighted by molar-refractivity contribution is -0.138. The maximum Gasteiger partial charge on any atom is 0.252 e. The molecule has 21 heavy (non-hydrogen) atoms.